The highest BCUT2D eigenvalue weighted by atomic mass is 32.2. The number of sulfonamides is 1. The van der Waals surface area contributed by atoms with Crippen molar-refractivity contribution in [3.05, 3.63) is 90.5 Å². The maximum absolute atomic E-state index is 13.9. The second kappa shape index (κ2) is 13.1. The van der Waals surface area contributed by atoms with Crippen LogP contribution in [0, 0.1) is 0 Å². The van der Waals surface area contributed by atoms with E-state index in [1.807, 2.05) is 19.9 Å². The minimum absolute atomic E-state index is 0.0681. The van der Waals surface area contributed by atoms with Crippen LogP contribution in [0.15, 0.2) is 89.8 Å². The monoisotopic (exact) mass is 537 g/mol. The fourth-order valence-electron chi connectivity index (χ4n) is 3.86. The number of benzene rings is 3. The molecule has 0 saturated heterocycles. The lowest BCUT2D eigenvalue weighted by Crippen LogP contribution is -2.52. The van der Waals surface area contributed by atoms with Crippen molar-refractivity contribution in [3.8, 4) is 5.75 Å². The van der Waals surface area contributed by atoms with Gasteiger partial charge in [-0.15, -0.1) is 0 Å². The quantitative estimate of drug-likeness (QED) is 0.373. The normalized spacial score (nSPS) is 12.7. The van der Waals surface area contributed by atoms with Crippen molar-refractivity contribution in [1.82, 2.24) is 10.2 Å². The Hall–Kier alpha value is -3.85. The number of hydrogen-bond donors (Lipinski definition) is 1. The van der Waals surface area contributed by atoms with Gasteiger partial charge in [-0.25, -0.2) is 8.42 Å². The highest BCUT2D eigenvalue weighted by Gasteiger charge is 2.32. The van der Waals surface area contributed by atoms with Crippen LogP contribution in [0.4, 0.5) is 5.69 Å². The minimum atomic E-state index is -4.07. The molecule has 9 heteroatoms. The van der Waals surface area contributed by atoms with E-state index in [2.05, 4.69) is 5.32 Å². The summed E-state index contributed by atoms with van der Waals surface area (Å²) in [5.41, 5.74) is 1.10. The van der Waals surface area contributed by atoms with Crippen LogP contribution in [-0.2, 0) is 26.2 Å². The molecule has 0 aliphatic carbocycles. The van der Waals surface area contributed by atoms with E-state index in [9.17, 15) is 18.0 Å². The number of hydrogen-bond acceptors (Lipinski definition) is 5. The molecule has 0 spiro atoms. The Morgan fingerprint density at radius 3 is 2.16 bits per heavy atom. The summed E-state index contributed by atoms with van der Waals surface area (Å²) in [7, 11) is -2.52. The van der Waals surface area contributed by atoms with Crippen molar-refractivity contribution in [1.29, 1.82) is 0 Å². The topological polar surface area (TPSA) is 96.0 Å². The smallest absolute Gasteiger partial charge is 0.264 e. The Labute approximate surface area is 225 Å². The first kappa shape index (κ1) is 28.7. The van der Waals surface area contributed by atoms with Gasteiger partial charge in [0.2, 0.25) is 11.8 Å². The van der Waals surface area contributed by atoms with Crippen LogP contribution in [0.1, 0.15) is 32.8 Å². The summed E-state index contributed by atoms with van der Waals surface area (Å²) >= 11 is 0. The molecule has 202 valence electrons. The summed E-state index contributed by atoms with van der Waals surface area (Å²) < 4.78 is 33.8. The average Bonchev–Trinajstić information content (AvgIpc) is 2.94. The fourth-order valence-corrected chi connectivity index (χ4v) is 5.29. The van der Waals surface area contributed by atoms with Gasteiger partial charge in [0.05, 0.1) is 17.7 Å². The highest BCUT2D eigenvalue weighted by molar-refractivity contribution is 7.92. The van der Waals surface area contributed by atoms with Gasteiger partial charge in [0.15, 0.2) is 0 Å². The zero-order chi connectivity index (χ0) is 27.7. The third-order valence-corrected chi connectivity index (χ3v) is 8.10. The molecular formula is C29H35N3O5S. The third kappa shape index (κ3) is 7.13. The first-order chi connectivity index (χ1) is 18.2. The van der Waals surface area contributed by atoms with Gasteiger partial charge in [-0.2, -0.15) is 0 Å². The summed E-state index contributed by atoms with van der Waals surface area (Å²) in [5.74, 6) is -0.208. The van der Waals surface area contributed by atoms with Gasteiger partial charge in [0.1, 0.15) is 18.3 Å². The van der Waals surface area contributed by atoms with E-state index in [0.29, 0.717) is 11.4 Å². The van der Waals surface area contributed by atoms with E-state index in [1.54, 1.807) is 80.8 Å². The molecule has 0 unspecified atom stereocenters. The summed E-state index contributed by atoms with van der Waals surface area (Å²) in [6, 6.07) is 22.7. The van der Waals surface area contributed by atoms with Gasteiger partial charge in [0.25, 0.3) is 10.0 Å². The number of para-hydroxylation sites is 1. The Kier molecular flexibility index (Phi) is 9.90. The Bertz CT molecular complexity index is 1320. The molecule has 0 bridgehead atoms. The molecule has 0 aromatic heterocycles. The van der Waals surface area contributed by atoms with Crippen LogP contribution in [0.2, 0.25) is 0 Å². The molecule has 2 amide bonds. The van der Waals surface area contributed by atoms with Crippen LogP contribution >= 0.6 is 0 Å². The standard InChI is InChI=1S/C29H35N3O5S/c1-5-22(2)30-29(34)23(3)31(20-24-13-12-16-26(19-24)37-4)28(33)21-32(25-14-8-6-9-15-25)38(35,36)27-17-10-7-11-18-27/h6-19,22-23H,5,20-21H2,1-4H3,(H,30,34)/t22-,23+/m0/s1. The van der Waals surface area contributed by atoms with Crippen LogP contribution in [0.5, 0.6) is 5.75 Å². The van der Waals surface area contributed by atoms with E-state index in [4.69, 9.17) is 4.74 Å². The summed E-state index contributed by atoms with van der Waals surface area (Å²) in [6.45, 7) is 5.11. The molecule has 3 aromatic rings. The molecule has 3 rings (SSSR count). The van der Waals surface area contributed by atoms with E-state index in [0.717, 1.165) is 16.3 Å². The molecule has 1 N–H and O–H groups in total. The SMILES string of the molecule is CC[C@H](C)NC(=O)[C@@H](C)N(Cc1cccc(OC)c1)C(=O)CN(c1ccccc1)S(=O)(=O)c1ccccc1. The molecular weight excluding hydrogens is 502 g/mol. The average molecular weight is 538 g/mol. The highest BCUT2D eigenvalue weighted by Crippen LogP contribution is 2.24. The second-order valence-corrected chi connectivity index (χ2v) is 10.9. The number of rotatable bonds is 12. The predicted molar refractivity (Wildman–Crippen MR) is 148 cm³/mol. The van der Waals surface area contributed by atoms with Crippen molar-refractivity contribution in [2.45, 2.75) is 50.7 Å². The van der Waals surface area contributed by atoms with Crippen LogP contribution < -0.4 is 14.4 Å². The lowest BCUT2D eigenvalue weighted by molar-refractivity contribution is -0.139. The number of nitrogens with zero attached hydrogens (tertiary/aromatic N) is 2. The van der Waals surface area contributed by atoms with Crippen LogP contribution in [0.3, 0.4) is 0 Å². The van der Waals surface area contributed by atoms with E-state index < -0.39 is 28.5 Å². The van der Waals surface area contributed by atoms with Gasteiger partial charge in [-0.3, -0.25) is 13.9 Å². The van der Waals surface area contributed by atoms with Crippen molar-refractivity contribution in [3.63, 3.8) is 0 Å². The summed E-state index contributed by atoms with van der Waals surface area (Å²) in [6.07, 6.45) is 0.736. The molecule has 2 atom stereocenters. The van der Waals surface area contributed by atoms with Crippen molar-refractivity contribution in [2.75, 3.05) is 18.0 Å². The van der Waals surface area contributed by atoms with Crippen molar-refractivity contribution in [2.24, 2.45) is 0 Å². The predicted octanol–water partition coefficient (Wildman–Crippen LogP) is 4.22. The van der Waals surface area contributed by atoms with Gasteiger partial charge in [0, 0.05) is 12.6 Å². The van der Waals surface area contributed by atoms with Crippen molar-refractivity contribution < 1.29 is 22.7 Å². The number of amides is 2. The van der Waals surface area contributed by atoms with Gasteiger partial charge < -0.3 is 15.0 Å². The van der Waals surface area contributed by atoms with Gasteiger partial charge in [-0.1, -0.05) is 55.5 Å². The Morgan fingerprint density at radius 1 is 0.921 bits per heavy atom. The summed E-state index contributed by atoms with van der Waals surface area (Å²) in [4.78, 5) is 28.4. The number of methoxy groups -OCH3 is 1. The number of carbonyl (C=O) groups is 2. The molecule has 8 nitrogen and oxygen atoms in total. The van der Waals surface area contributed by atoms with E-state index >= 15 is 0 Å². The second-order valence-electron chi connectivity index (χ2n) is 9.03. The summed E-state index contributed by atoms with van der Waals surface area (Å²) in [5, 5.41) is 2.92. The third-order valence-electron chi connectivity index (χ3n) is 6.31. The lowest BCUT2D eigenvalue weighted by atomic mass is 10.1. The number of nitrogens with one attached hydrogen (secondary N) is 1. The number of anilines is 1. The van der Waals surface area contributed by atoms with Crippen LogP contribution in [0.25, 0.3) is 0 Å². The molecule has 3 aromatic carbocycles. The first-order valence-corrected chi connectivity index (χ1v) is 14.0. The maximum atomic E-state index is 13.9. The van der Waals surface area contributed by atoms with Crippen molar-refractivity contribution >= 4 is 27.5 Å². The Morgan fingerprint density at radius 2 is 1.55 bits per heavy atom. The molecule has 0 aliphatic heterocycles. The molecule has 0 aliphatic rings. The fraction of sp³-hybridized carbons (Fsp3) is 0.310. The largest absolute Gasteiger partial charge is 0.497 e. The molecule has 0 radical (unpaired) electrons. The molecule has 0 fully saturated rings. The molecule has 0 heterocycles. The van der Waals surface area contributed by atoms with E-state index in [-0.39, 0.29) is 23.4 Å². The maximum Gasteiger partial charge on any atom is 0.264 e. The Balaban J connectivity index is 1.99. The molecule has 0 saturated carbocycles. The number of ether oxygens (including phenoxy) is 1. The zero-order valence-corrected chi connectivity index (χ0v) is 23.0. The van der Waals surface area contributed by atoms with Gasteiger partial charge in [-0.05, 0) is 62.2 Å². The first-order valence-electron chi connectivity index (χ1n) is 12.5. The minimum Gasteiger partial charge on any atom is -0.497 e. The zero-order valence-electron chi connectivity index (χ0n) is 22.2. The molecule has 38 heavy (non-hydrogen) atoms. The van der Waals surface area contributed by atoms with Crippen LogP contribution in [-0.4, -0.2) is 50.9 Å². The lowest BCUT2D eigenvalue weighted by Gasteiger charge is -2.32. The number of carbonyl (C=O) groups excluding carboxylic acids is 2. The van der Waals surface area contributed by atoms with E-state index in [1.165, 1.54) is 17.0 Å². The van der Waals surface area contributed by atoms with Gasteiger partial charge >= 0.3 is 0 Å².